The average molecular weight is 349 g/mol. The van der Waals surface area contributed by atoms with E-state index in [4.69, 9.17) is 10.5 Å². The van der Waals surface area contributed by atoms with Crippen LogP contribution in [0.2, 0.25) is 0 Å². The summed E-state index contributed by atoms with van der Waals surface area (Å²) in [4.78, 5) is 12.3. The molecular weight excluding hydrogens is 312 g/mol. The topological polar surface area (TPSA) is 64.3 Å². The minimum Gasteiger partial charge on any atom is -0.496 e. The van der Waals surface area contributed by atoms with Crippen LogP contribution in [0.15, 0.2) is 6.07 Å². The van der Waals surface area contributed by atoms with Crippen LogP contribution in [0.3, 0.4) is 0 Å². The third-order valence-corrected chi connectivity index (χ3v) is 4.38. The van der Waals surface area contributed by atoms with Crippen LogP contribution >= 0.6 is 0 Å². The first-order chi connectivity index (χ1) is 11.3. The SMILES string of the molecule is COc1c(C(C)(C)C)cc(CC(=O)NCC(C)N)c(C)c1C(C)(C)C. The lowest BCUT2D eigenvalue weighted by atomic mass is 9.75. The minimum absolute atomic E-state index is 0.00489. The highest BCUT2D eigenvalue weighted by Gasteiger charge is 2.30. The Morgan fingerprint density at radius 3 is 2.16 bits per heavy atom. The molecule has 142 valence electrons. The van der Waals surface area contributed by atoms with Crippen LogP contribution < -0.4 is 15.8 Å². The molecule has 0 aromatic heterocycles. The van der Waals surface area contributed by atoms with Gasteiger partial charge in [-0.25, -0.2) is 0 Å². The Balaban J connectivity index is 3.47. The molecule has 0 spiro atoms. The number of nitrogens with one attached hydrogen (secondary N) is 1. The van der Waals surface area contributed by atoms with E-state index in [0.29, 0.717) is 13.0 Å². The highest BCUT2D eigenvalue weighted by molar-refractivity contribution is 5.79. The van der Waals surface area contributed by atoms with E-state index in [-0.39, 0.29) is 22.8 Å². The predicted molar refractivity (Wildman–Crippen MR) is 105 cm³/mol. The maximum atomic E-state index is 12.3. The normalized spacial score (nSPS) is 13.5. The van der Waals surface area contributed by atoms with Gasteiger partial charge >= 0.3 is 0 Å². The van der Waals surface area contributed by atoms with Crippen molar-refractivity contribution in [2.24, 2.45) is 5.73 Å². The quantitative estimate of drug-likeness (QED) is 0.854. The maximum absolute atomic E-state index is 12.3. The summed E-state index contributed by atoms with van der Waals surface area (Å²) >= 11 is 0. The minimum atomic E-state index is -0.0757. The van der Waals surface area contributed by atoms with Crippen LogP contribution in [-0.4, -0.2) is 25.6 Å². The number of carbonyl (C=O) groups is 1. The van der Waals surface area contributed by atoms with Gasteiger partial charge in [0, 0.05) is 23.7 Å². The standard InChI is InChI=1S/C21H36N2O2/c1-13(22)12-23-17(24)11-15-10-16(20(3,4)5)19(25-9)18(14(15)2)21(6,7)8/h10,13H,11-12,22H2,1-9H3,(H,23,24). The number of hydrogen-bond acceptors (Lipinski definition) is 3. The molecule has 1 rings (SSSR count). The van der Waals surface area contributed by atoms with Crippen LogP contribution in [0, 0.1) is 6.92 Å². The van der Waals surface area contributed by atoms with Crippen LogP contribution in [0.4, 0.5) is 0 Å². The van der Waals surface area contributed by atoms with Crippen molar-refractivity contribution in [3.8, 4) is 5.75 Å². The number of rotatable bonds is 5. The Bertz CT molecular complexity index is 620. The van der Waals surface area contributed by atoms with E-state index < -0.39 is 0 Å². The molecule has 1 aromatic carbocycles. The van der Waals surface area contributed by atoms with Gasteiger partial charge in [-0.2, -0.15) is 0 Å². The Kier molecular flexibility index (Phi) is 6.68. The maximum Gasteiger partial charge on any atom is 0.224 e. The summed E-state index contributed by atoms with van der Waals surface area (Å²) in [7, 11) is 1.73. The van der Waals surface area contributed by atoms with Gasteiger partial charge in [-0.1, -0.05) is 47.6 Å². The second-order valence-electron chi connectivity index (χ2n) is 9.07. The molecule has 0 saturated heterocycles. The highest BCUT2D eigenvalue weighted by atomic mass is 16.5. The molecule has 0 aliphatic carbocycles. The summed E-state index contributed by atoms with van der Waals surface area (Å²) in [5.74, 6) is 0.947. The van der Waals surface area contributed by atoms with Gasteiger partial charge in [-0.15, -0.1) is 0 Å². The lowest BCUT2D eigenvalue weighted by Crippen LogP contribution is -2.36. The molecule has 0 fully saturated rings. The first-order valence-corrected chi connectivity index (χ1v) is 9.02. The molecule has 0 saturated carbocycles. The number of nitrogens with two attached hydrogens (primary N) is 1. The Labute approximate surface area is 153 Å². The van der Waals surface area contributed by atoms with Crippen LogP contribution in [0.25, 0.3) is 0 Å². The van der Waals surface area contributed by atoms with Crippen molar-refractivity contribution in [1.82, 2.24) is 5.32 Å². The van der Waals surface area contributed by atoms with Crippen molar-refractivity contribution in [2.75, 3.05) is 13.7 Å². The lowest BCUT2D eigenvalue weighted by Gasteiger charge is -2.32. The third kappa shape index (κ3) is 5.46. The molecule has 0 aliphatic heterocycles. The number of amides is 1. The van der Waals surface area contributed by atoms with Crippen molar-refractivity contribution >= 4 is 5.91 Å². The van der Waals surface area contributed by atoms with E-state index in [9.17, 15) is 4.79 Å². The first kappa shape index (κ1) is 21.5. The van der Waals surface area contributed by atoms with E-state index in [0.717, 1.165) is 22.4 Å². The molecule has 4 nitrogen and oxygen atoms in total. The number of ether oxygens (including phenoxy) is 1. The Hall–Kier alpha value is -1.55. The number of carbonyl (C=O) groups excluding carboxylic acids is 1. The zero-order valence-electron chi connectivity index (χ0n) is 17.5. The van der Waals surface area contributed by atoms with Crippen LogP contribution in [-0.2, 0) is 22.0 Å². The van der Waals surface area contributed by atoms with Gasteiger partial charge in [0.05, 0.1) is 13.5 Å². The van der Waals surface area contributed by atoms with E-state index >= 15 is 0 Å². The summed E-state index contributed by atoms with van der Waals surface area (Å²) < 4.78 is 5.83. The molecule has 0 bridgehead atoms. The van der Waals surface area contributed by atoms with Gasteiger partial charge < -0.3 is 15.8 Å². The second-order valence-corrected chi connectivity index (χ2v) is 9.07. The van der Waals surface area contributed by atoms with Gasteiger partial charge in [0.2, 0.25) is 5.91 Å². The molecule has 4 heteroatoms. The third-order valence-electron chi connectivity index (χ3n) is 4.38. The predicted octanol–water partition coefficient (Wildman–Crippen LogP) is 3.60. The zero-order chi connectivity index (χ0) is 19.6. The molecule has 3 N–H and O–H groups in total. The van der Waals surface area contributed by atoms with Crippen molar-refractivity contribution in [3.63, 3.8) is 0 Å². The second kappa shape index (κ2) is 7.77. The van der Waals surface area contributed by atoms with Gasteiger partial charge in [-0.05, 0) is 35.8 Å². The largest absolute Gasteiger partial charge is 0.496 e. The monoisotopic (exact) mass is 348 g/mol. The fourth-order valence-electron chi connectivity index (χ4n) is 3.18. The Morgan fingerprint density at radius 1 is 1.20 bits per heavy atom. The number of methoxy groups -OCH3 is 1. The van der Waals surface area contributed by atoms with Gasteiger partial charge in [0.15, 0.2) is 0 Å². The Morgan fingerprint density at radius 2 is 1.76 bits per heavy atom. The van der Waals surface area contributed by atoms with Crippen molar-refractivity contribution in [1.29, 1.82) is 0 Å². The molecule has 1 aromatic rings. The number of hydrogen-bond donors (Lipinski definition) is 2. The molecule has 1 amide bonds. The lowest BCUT2D eigenvalue weighted by molar-refractivity contribution is -0.120. The molecule has 1 atom stereocenters. The smallest absolute Gasteiger partial charge is 0.224 e. The van der Waals surface area contributed by atoms with E-state index in [1.807, 2.05) is 6.92 Å². The van der Waals surface area contributed by atoms with Crippen LogP contribution in [0.1, 0.15) is 70.7 Å². The average Bonchev–Trinajstić information content (AvgIpc) is 2.43. The molecule has 0 radical (unpaired) electrons. The van der Waals surface area contributed by atoms with Crippen molar-refractivity contribution in [3.05, 3.63) is 28.3 Å². The van der Waals surface area contributed by atoms with Gasteiger partial charge in [0.25, 0.3) is 0 Å². The fraction of sp³-hybridized carbons (Fsp3) is 0.667. The molecule has 1 unspecified atom stereocenters. The molecule has 25 heavy (non-hydrogen) atoms. The van der Waals surface area contributed by atoms with Crippen LogP contribution in [0.5, 0.6) is 5.75 Å². The van der Waals surface area contributed by atoms with Gasteiger partial charge in [0.1, 0.15) is 5.75 Å². The van der Waals surface area contributed by atoms with E-state index in [1.54, 1.807) is 7.11 Å². The van der Waals surface area contributed by atoms with E-state index in [1.165, 1.54) is 5.56 Å². The summed E-state index contributed by atoms with van der Waals surface area (Å²) in [6, 6.07) is 2.09. The molecule has 0 aliphatic rings. The van der Waals surface area contributed by atoms with E-state index in [2.05, 4.69) is 59.8 Å². The highest BCUT2D eigenvalue weighted by Crippen LogP contribution is 2.43. The number of benzene rings is 1. The first-order valence-electron chi connectivity index (χ1n) is 9.02. The van der Waals surface area contributed by atoms with Gasteiger partial charge in [-0.3, -0.25) is 4.79 Å². The molecular formula is C21H36N2O2. The fourth-order valence-corrected chi connectivity index (χ4v) is 3.18. The summed E-state index contributed by atoms with van der Waals surface area (Å²) in [6.45, 7) is 17.5. The summed E-state index contributed by atoms with van der Waals surface area (Å²) in [5.41, 5.74) is 10.1. The molecule has 0 heterocycles. The summed E-state index contributed by atoms with van der Waals surface area (Å²) in [5, 5.41) is 2.91. The van der Waals surface area contributed by atoms with Crippen molar-refractivity contribution in [2.45, 2.75) is 78.7 Å². The van der Waals surface area contributed by atoms with Crippen molar-refractivity contribution < 1.29 is 9.53 Å². The zero-order valence-corrected chi connectivity index (χ0v) is 17.5. The summed E-state index contributed by atoms with van der Waals surface area (Å²) in [6.07, 6.45) is 0.356.